The maximum atomic E-state index is 13.9. The summed E-state index contributed by atoms with van der Waals surface area (Å²) in [5.74, 6) is 0. The fraction of sp³-hybridized carbons (Fsp3) is 0.333. The van der Waals surface area contributed by atoms with Crippen LogP contribution in [0.25, 0.3) is 0 Å². The van der Waals surface area contributed by atoms with Crippen molar-refractivity contribution in [3.8, 4) is 0 Å². The third kappa shape index (κ3) is 6.89. The molecule has 0 amide bonds. The SMILES string of the molecule is Cc1ccc(POP(=O)(OPc2ccc(C)c(C)c2C)OPc2ccc(C)c(C)c2C)c(C)c1C. The molecule has 0 aromatic heterocycles. The first-order valence-corrected chi connectivity index (χ1v) is 15.8. The van der Waals surface area contributed by atoms with Gasteiger partial charge in [-0.05, 0) is 112 Å². The molecule has 0 fully saturated rings. The highest BCUT2D eigenvalue weighted by molar-refractivity contribution is 7.68. The monoisotopic (exact) mass is 548 g/mol. The van der Waals surface area contributed by atoms with Gasteiger partial charge >= 0.3 is 7.82 Å². The van der Waals surface area contributed by atoms with Gasteiger partial charge in [-0.3, -0.25) is 12.9 Å². The van der Waals surface area contributed by atoms with Crippen LogP contribution in [0.2, 0.25) is 0 Å². The zero-order valence-corrected chi connectivity index (χ0v) is 25.9. The Bertz CT molecular complexity index is 1130. The average Bonchev–Trinajstić information content (AvgIpc) is 2.83. The molecule has 3 rings (SSSR count). The minimum absolute atomic E-state index is 0.136. The molecule has 4 nitrogen and oxygen atoms in total. The summed E-state index contributed by atoms with van der Waals surface area (Å²) in [6.07, 6.45) is 0. The van der Waals surface area contributed by atoms with Crippen LogP contribution in [-0.2, 0) is 17.5 Å². The molecular weight excluding hydrogens is 512 g/mol. The van der Waals surface area contributed by atoms with E-state index in [9.17, 15) is 4.57 Å². The van der Waals surface area contributed by atoms with Gasteiger partial charge < -0.3 is 0 Å². The standard InChI is InChI=1S/C27H36O4P4/c1-16-10-13-25(22(7)19(16)4)32-29-35(28,30-33-26-14-11-17(2)20(5)23(26)8)31-34-27-15-12-18(3)21(6)24(27)9/h10-15,32-34H,1-9H3. The third-order valence-corrected chi connectivity index (χ3v) is 13.0. The minimum atomic E-state index is -3.82. The van der Waals surface area contributed by atoms with Crippen molar-refractivity contribution in [2.75, 3.05) is 0 Å². The zero-order chi connectivity index (χ0) is 25.9. The van der Waals surface area contributed by atoms with Crippen molar-refractivity contribution in [2.45, 2.75) is 62.3 Å². The Morgan fingerprint density at radius 1 is 0.457 bits per heavy atom. The lowest BCUT2D eigenvalue weighted by atomic mass is 10.1. The number of hydrogen-bond acceptors (Lipinski definition) is 4. The number of rotatable bonds is 9. The highest BCUT2D eigenvalue weighted by Gasteiger charge is 2.29. The van der Waals surface area contributed by atoms with Crippen LogP contribution in [-0.4, -0.2) is 0 Å². The summed E-state index contributed by atoms with van der Waals surface area (Å²) in [6, 6.07) is 12.3. The Morgan fingerprint density at radius 3 is 0.971 bits per heavy atom. The molecule has 8 heteroatoms. The Kier molecular flexibility index (Phi) is 9.87. The van der Waals surface area contributed by atoms with Gasteiger partial charge in [0.15, 0.2) is 0 Å². The van der Waals surface area contributed by atoms with Crippen LogP contribution >= 0.6 is 34.2 Å². The smallest absolute Gasteiger partial charge is 0.262 e. The first-order valence-electron chi connectivity index (χ1n) is 11.6. The zero-order valence-electron chi connectivity index (χ0n) is 22.0. The van der Waals surface area contributed by atoms with Crippen molar-refractivity contribution in [3.05, 3.63) is 86.5 Å². The van der Waals surface area contributed by atoms with Crippen LogP contribution in [0.4, 0.5) is 0 Å². The maximum Gasteiger partial charge on any atom is 0.484 e. The maximum absolute atomic E-state index is 13.9. The van der Waals surface area contributed by atoms with Crippen molar-refractivity contribution < 1.29 is 17.5 Å². The molecule has 3 aromatic carbocycles. The summed E-state index contributed by atoms with van der Waals surface area (Å²) in [6.45, 7) is 18.8. The second-order valence-electron chi connectivity index (χ2n) is 9.07. The number of hydrogen-bond donors (Lipinski definition) is 0. The summed E-state index contributed by atoms with van der Waals surface area (Å²) in [4.78, 5) is 0. The van der Waals surface area contributed by atoms with Crippen LogP contribution in [0, 0.1) is 62.3 Å². The largest absolute Gasteiger partial charge is 0.484 e. The van der Waals surface area contributed by atoms with E-state index in [1.54, 1.807) is 0 Å². The predicted octanol–water partition coefficient (Wildman–Crippen LogP) is 7.68. The summed E-state index contributed by atoms with van der Waals surface area (Å²) in [5, 5.41) is 3.03. The predicted molar refractivity (Wildman–Crippen MR) is 157 cm³/mol. The number of phosphoric acid groups is 1. The molecule has 0 bridgehead atoms. The molecule has 0 aliphatic carbocycles. The van der Waals surface area contributed by atoms with Crippen LogP contribution in [0.3, 0.4) is 0 Å². The lowest BCUT2D eigenvalue weighted by Gasteiger charge is -2.20. The fourth-order valence-corrected chi connectivity index (χ4v) is 9.02. The van der Waals surface area contributed by atoms with Gasteiger partial charge in [0.25, 0.3) is 0 Å². The van der Waals surface area contributed by atoms with Crippen LogP contribution in [0.5, 0.6) is 0 Å². The molecule has 188 valence electrons. The van der Waals surface area contributed by atoms with E-state index in [1.165, 1.54) is 33.4 Å². The molecule has 3 aromatic rings. The Morgan fingerprint density at radius 2 is 0.714 bits per heavy atom. The van der Waals surface area contributed by atoms with Gasteiger partial charge in [0.2, 0.25) is 0 Å². The second-order valence-corrected chi connectivity index (χ2v) is 14.4. The van der Waals surface area contributed by atoms with Gasteiger partial charge in [0.1, 0.15) is 0 Å². The molecule has 3 atom stereocenters. The van der Waals surface area contributed by atoms with E-state index >= 15 is 0 Å². The molecule has 0 saturated heterocycles. The first kappa shape index (κ1) is 28.6. The molecule has 0 radical (unpaired) electrons. The van der Waals surface area contributed by atoms with E-state index in [1.807, 2.05) is 18.2 Å². The molecule has 3 unspecified atom stereocenters. The molecule has 0 heterocycles. The second kappa shape index (κ2) is 12.1. The lowest BCUT2D eigenvalue weighted by Crippen LogP contribution is -2.07. The Balaban J connectivity index is 1.84. The highest BCUT2D eigenvalue weighted by Crippen LogP contribution is 2.61. The van der Waals surface area contributed by atoms with Gasteiger partial charge in [0, 0.05) is 15.9 Å². The van der Waals surface area contributed by atoms with E-state index in [0.717, 1.165) is 32.6 Å². The van der Waals surface area contributed by atoms with Gasteiger partial charge in [-0.1, -0.05) is 36.4 Å². The third-order valence-electron chi connectivity index (χ3n) is 6.98. The van der Waals surface area contributed by atoms with Crippen LogP contribution in [0.1, 0.15) is 50.1 Å². The van der Waals surface area contributed by atoms with E-state index in [2.05, 4.69) is 80.5 Å². The van der Waals surface area contributed by atoms with E-state index in [4.69, 9.17) is 12.9 Å². The van der Waals surface area contributed by atoms with Gasteiger partial charge in [-0.25, -0.2) is 4.57 Å². The molecule has 0 spiro atoms. The lowest BCUT2D eigenvalue weighted by molar-refractivity contribution is 0.343. The van der Waals surface area contributed by atoms with Crippen molar-refractivity contribution in [1.29, 1.82) is 0 Å². The van der Waals surface area contributed by atoms with E-state index in [0.29, 0.717) is 0 Å². The van der Waals surface area contributed by atoms with Crippen molar-refractivity contribution in [2.24, 2.45) is 0 Å². The van der Waals surface area contributed by atoms with E-state index in [-0.39, 0.29) is 26.4 Å². The average molecular weight is 548 g/mol. The molecule has 0 saturated carbocycles. The molecule has 0 aliphatic heterocycles. The normalized spacial score (nSPS) is 14.2. The quantitative estimate of drug-likeness (QED) is 0.258. The fourth-order valence-electron chi connectivity index (χ4n) is 3.57. The van der Waals surface area contributed by atoms with Gasteiger partial charge in [-0.2, -0.15) is 0 Å². The first-order chi connectivity index (χ1) is 16.4. The summed E-state index contributed by atoms with van der Waals surface area (Å²) in [5.41, 5.74) is 10.8. The summed E-state index contributed by atoms with van der Waals surface area (Å²) < 4.78 is 31.8. The summed E-state index contributed by atoms with van der Waals surface area (Å²) >= 11 is 0. The van der Waals surface area contributed by atoms with Gasteiger partial charge in [-0.15, -0.1) is 0 Å². The van der Waals surface area contributed by atoms with Crippen LogP contribution < -0.4 is 15.9 Å². The molecule has 35 heavy (non-hydrogen) atoms. The molecule has 0 aliphatic rings. The molecular formula is C27H36O4P4. The summed E-state index contributed by atoms with van der Waals surface area (Å²) in [7, 11) is -4.23. The minimum Gasteiger partial charge on any atom is -0.262 e. The van der Waals surface area contributed by atoms with E-state index < -0.39 is 7.82 Å². The van der Waals surface area contributed by atoms with Crippen molar-refractivity contribution in [3.63, 3.8) is 0 Å². The Hall–Kier alpha value is -0.940. The molecule has 0 N–H and O–H groups in total. The van der Waals surface area contributed by atoms with Crippen molar-refractivity contribution in [1.82, 2.24) is 0 Å². The number of benzene rings is 3. The highest BCUT2D eigenvalue weighted by atomic mass is 31.3. The Labute approximate surface area is 216 Å². The van der Waals surface area contributed by atoms with Gasteiger partial charge in [0.05, 0.1) is 26.4 Å². The van der Waals surface area contributed by atoms with Crippen molar-refractivity contribution >= 4 is 50.2 Å². The van der Waals surface area contributed by atoms with Crippen LogP contribution in [0.15, 0.2) is 36.4 Å². The number of aryl methyl sites for hydroxylation is 3. The topological polar surface area (TPSA) is 44.8 Å².